The van der Waals surface area contributed by atoms with E-state index in [0.717, 1.165) is 44.4 Å². The fraction of sp³-hybridized carbons (Fsp3) is 0.536. The molecule has 1 aliphatic carbocycles. The highest BCUT2D eigenvalue weighted by Gasteiger charge is 2.49. The summed E-state index contributed by atoms with van der Waals surface area (Å²) in [7, 11) is 0. The maximum atomic E-state index is 16.5. The third-order valence-corrected chi connectivity index (χ3v) is 8.93. The molecule has 224 valence electrons. The number of benzene rings is 1. The first-order chi connectivity index (χ1) is 20.0. The Bertz CT molecular complexity index is 1570. The lowest BCUT2D eigenvalue weighted by Gasteiger charge is -2.31. The largest absolute Gasteiger partial charge is 0.477 e. The van der Waals surface area contributed by atoms with Crippen molar-refractivity contribution in [2.24, 2.45) is 0 Å². The number of nitrogens with zero attached hydrogens (tertiary/aromatic N) is 5. The molecule has 5 heterocycles. The average Bonchev–Trinajstić information content (AvgIpc) is 3.59. The van der Waals surface area contributed by atoms with Crippen molar-refractivity contribution in [3.8, 4) is 23.1 Å². The van der Waals surface area contributed by atoms with Crippen LogP contribution in [0.2, 0.25) is 5.02 Å². The van der Waals surface area contributed by atoms with Crippen LogP contribution in [-0.4, -0.2) is 70.5 Å². The predicted molar refractivity (Wildman–Crippen MR) is 146 cm³/mol. The molecule has 0 amide bonds. The smallest absolute Gasteiger partial charge is 0.418 e. The Hall–Kier alpha value is -3.19. The summed E-state index contributed by atoms with van der Waals surface area (Å²) in [5.74, 6) is -0.848. The molecule has 2 atom stereocenters. The Morgan fingerprint density at radius 3 is 2.71 bits per heavy atom. The Kier molecular flexibility index (Phi) is 6.54. The summed E-state index contributed by atoms with van der Waals surface area (Å²) in [5.41, 5.74) is 2.41. The summed E-state index contributed by atoms with van der Waals surface area (Å²) < 4.78 is 85.3. The fourth-order valence-electron chi connectivity index (χ4n) is 6.66. The Labute approximate surface area is 242 Å². The molecule has 3 fully saturated rings. The molecule has 14 heteroatoms. The van der Waals surface area contributed by atoms with Crippen LogP contribution < -0.4 is 20.1 Å². The van der Waals surface area contributed by atoms with Crippen molar-refractivity contribution in [1.29, 1.82) is 0 Å². The minimum Gasteiger partial charge on any atom is -0.477 e. The predicted octanol–water partition coefficient (Wildman–Crippen LogP) is 5.79. The van der Waals surface area contributed by atoms with Gasteiger partial charge >= 0.3 is 12.2 Å². The van der Waals surface area contributed by atoms with Gasteiger partial charge in [0, 0.05) is 36.8 Å². The zero-order valence-electron chi connectivity index (χ0n) is 22.5. The van der Waals surface area contributed by atoms with E-state index in [4.69, 9.17) is 26.8 Å². The number of aromatic nitrogens is 3. The first-order valence-electron chi connectivity index (χ1n) is 14.0. The molecular formula is C28H28ClF5N6O2. The van der Waals surface area contributed by atoms with E-state index in [9.17, 15) is 17.6 Å². The number of pyridine rings is 1. The molecule has 2 N–H and O–H groups in total. The van der Waals surface area contributed by atoms with E-state index >= 15 is 4.39 Å². The van der Waals surface area contributed by atoms with E-state index in [1.807, 2.05) is 4.90 Å². The van der Waals surface area contributed by atoms with Crippen LogP contribution in [0.3, 0.4) is 0 Å². The molecule has 0 unspecified atom stereocenters. The van der Waals surface area contributed by atoms with Gasteiger partial charge in [0.2, 0.25) is 5.88 Å². The molecule has 42 heavy (non-hydrogen) atoms. The van der Waals surface area contributed by atoms with Crippen LogP contribution in [-0.2, 0) is 6.18 Å². The van der Waals surface area contributed by atoms with Gasteiger partial charge in [0.15, 0.2) is 5.82 Å². The highest BCUT2D eigenvalue weighted by Crippen LogP contribution is 2.47. The van der Waals surface area contributed by atoms with E-state index in [1.54, 1.807) is 0 Å². The van der Waals surface area contributed by atoms with Gasteiger partial charge in [-0.15, -0.1) is 0 Å². The molecule has 8 nitrogen and oxygen atoms in total. The number of nitrogens with two attached hydrogens (primary N) is 1. The second-order valence-electron chi connectivity index (χ2n) is 11.5. The first-order valence-corrected chi connectivity index (χ1v) is 14.4. The van der Waals surface area contributed by atoms with E-state index in [0.29, 0.717) is 31.7 Å². The second-order valence-corrected chi connectivity index (χ2v) is 12.0. The van der Waals surface area contributed by atoms with Gasteiger partial charge in [0.05, 0.1) is 22.7 Å². The van der Waals surface area contributed by atoms with Crippen molar-refractivity contribution in [3.63, 3.8) is 0 Å². The van der Waals surface area contributed by atoms with Gasteiger partial charge in [-0.2, -0.15) is 23.1 Å². The summed E-state index contributed by atoms with van der Waals surface area (Å²) >= 11 is 5.98. The number of nitrogen functional groups attached to an aromatic ring is 1. The Balaban J connectivity index is 1.41. The van der Waals surface area contributed by atoms with Crippen molar-refractivity contribution in [2.75, 3.05) is 43.5 Å². The van der Waals surface area contributed by atoms with Crippen LogP contribution in [0.25, 0.3) is 22.2 Å². The van der Waals surface area contributed by atoms with Crippen molar-refractivity contribution < 1.29 is 31.4 Å². The quantitative estimate of drug-likeness (QED) is 0.287. The van der Waals surface area contributed by atoms with Gasteiger partial charge in [0.1, 0.15) is 35.2 Å². The maximum Gasteiger partial charge on any atom is 0.418 e. The molecule has 4 aliphatic rings. The van der Waals surface area contributed by atoms with Crippen molar-refractivity contribution in [2.45, 2.75) is 62.5 Å². The SMILES string of the molecule is Nc1cc(Cl)c(C(F)(F)F)c(-c2nc3c4c(nc(OC[C@@]56CCCN5C[C@H](F)C6)nc4c2F)N(C2CC2)CCCO3)c1. The number of anilines is 2. The highest BCUT2D eigenvalue weighted by atomic mass is 35.5. The minimum atomic E-state index is -4.93. The summed E-state index contributed by atoms with van der Waals surface area (Å²) in [5, 5.41) is -0.526. The molecule has 3 aliphatic heterocycles. The Morgan fingerprint density at radius 1 is 1.14 bits per heavy atom. The number of hydrogen-bond donors (Lipinski definition) is 1. The van der Waals surface area contributed by atoms with E-state index in [2.05, 4.69) is 19.9 Å². The number of fused-ring (bicyclic) bond motifs is 1. The Morgan fingerprint density at radius 2 is 1.95 bits per heavy atom. The molecule has 0 bridgehead atoms. The maximum absolute atomic E-state index is 16.5. The standard InChI is InChI=1S/C28H28ClF5N6O2/c29-18-10-15(35)9-17(20(18)28(32,33)34)22-21(31)23-19-24(40(16-3-4-16)7-2-8-41-25(19)36-22)38-26(37-23)42-13-27-5-1-6-39(27)12-14(30)11-27/h9-10,14,16H,1-8,11-13,35H2/t14-,27+/m1/s1. The second kappa shape index (κ2) is 9.94. The van der Waals surface area contributed by atoms with Crippen LogP contribution in [0, 0.1) is 5.82 Å². The molecule has 0 radical (unpaired) electrons. The normalized spacial score (nSPS) is 24.4. The van der Waals surface area contributed by atoms with Crippen LogP contribution in [0.1, 0.15) is 44.1 Å². The van der Waals surface area contributed by atoms with E-state index < -0.39 is 45.5 Å². The van der Waals surface area contributed by atoms with Gasteiger partial charge < -0.3 is 20.1 Å². The fourth-order valence-corrected chi connectivity index (χ4v) is 7.00. The zero-order valence-corrected chi connectivity index (χ0v) is 23.2. The minimum absolute atomic E-state index is 0.0865. The molecule has 1 saturated carbocycles. The lowest BCUT2D eigenvalue weighted by molar-refractivity contribution is -0.137. The van der Waals surface area contributed by atoms with Crippen molar-refractivity contribution >= 4 is 34.0 Å². The monoisotopic (exact) mass is 610 g/mol. The molecule has 2 saturated heterocycles. The first kappa shape index (κ1) is 27.6. The number of rotatable bonds is 5. The highest BCUT2D eigenvalue weighted by molar-refractivity contribution is 6.32. The van der Waals surface area contributed by atoms with Gasteiger partial charge in [-0.05, 0) is 50.8 Å². The van der Waals surface area contributed by atoms with Crippen LogP contribution in [0.5, 0.6) is 11.9 Å². The zero-order chi connectivity index (χ0) is 29.4. The summed E-state index contributed by atoms with van der Waals surface area (Å²) in [4.78, 5) is 17.4. The molecule has 0 spiro atoms. The lowest BCUT2D eigenvalue weighted by Crippen LogP contribution is -2.43. The third-order valence-electron chi connectivity index (χ3n) is 8.64. The molecule has 2 aromatic heterocycles. The van der Waals surface area contributed by atoms with Crippen LogP contribution in [0.15, 0.2) is 12.1 Å². The number of ether oxygens (including phenoxy) is 2. The van der Waals surface area contributed by atoms with Gasteiger partial charge in [-0.25, -0.2) is 13.8 Å². The van der Waals surface area contributed by atoms with Crippen molar-refractivity contribution in [3.05, 3.63) is 28.5 Å². The lowest BCUT2D eigenvalue weighted by atomic mass is 9.95. The molecule has 3 aromatic rings. The summed E-state index contributed by atoms with van der Waals surface area (Å²) in [6, 6.07) is 1.97. The molecular weight excluding hydrogens is 583 g/mol. The summed E-state index contributed by atoms with van der Waals surface area (Å²) in [6.45, 7) is 1.98. The topological polar surface area (TPSA) is 89.6 Å². The van der Waals surface area contributed by atoms with E-state index in [-0.39, 0.29) is 47.7 Å². The van der Waals surface area contributed by atoms with Gasteiger partial charge in [-0.3, -0.25) is 4.90 Å². The molecule has 7 rings (SSSR count). The van der Waals surface area contributed by atoms with Crippen LogP contribution >= 0.6 is 11.6 Å². The summed E-state index contributed by atoms with van der Waals surface area (Å²) in [6.07, 6.45) is -1.51. The average molecular weight is 611 g/mol. The van der Waals surface area contributed by atoms with Crippen LogP contribution in [0.4, 0.5) is 33.5 Å². The molecule has 1 aromatic carbocycles. The third kappa shape index (κ3) is 4.64. The van der Waals surface area contributed by atoms with E-state index in [1.165, 1.54) is 0 Å². The number of halogens is 6. The van der Waals surface area contributed by atoms with Crippen molar-refractivity contribution in [1.82, 2.24) is 19.9 Å². The number of alkyl halides is 4. The van der Waals surface area contributed by atoms with Gasteiger partial charge in [0.25, 0.3) is 0 Å². The van der Waals surface area contributed by atoms with Gasteiger partial charge in [-0.1, -0.05) is 11.6 Å². The number of hydrogen-bond acceptors (Lipinski definition) is 8.